The molecule has 0 aromatic heterocycles. The fourth-order valence-corrected chi connectivity index (χ4v) is 2.68. The van der Waals surface area contributed by atoms with E-state index in [-0.39, 0.29) is 6.10 Å². The van der Waals surface area contributed by atoms with E-state index in [4.69, 9.17) is 0 Å². The summed E-state index contributed by atoms with van der Waals surface area (Å²) in [6.07, 6.45) is 3.17. The molecule has 0 amide bonds. The Kier molecular flexibility index (Phi) is 7.05. The summed E-state index contributed by atoms with van der Waals surface area (Å²) in [5, 5.41) is 10.3. The predicted molar refractivity (Wildman–Crippen MR) is 97.2 cm³/mol. The van der Waals surface area contributed by atoms with Crippen molar-refractivity contribution < 1.29 is 5.11 Å². The molecular formula is C21H27NO. The van der Waals surface area contributed by atoms with Crippen molar-refractivity contribution in [3.8, 4) is 0 Å². The molecule has 0 saturated carbocycles. The molecule has 0 spiro atoms. The Morgan fingerprint density at radius 1 is 1.00 bits per heavy atom. The van der Waals surface area contributed by atoms with Crippen LogP contribution in [-0.2, 0) is 13.1 Å². The van der Waals surface area contributed by atoms with Crippen LogP contribution < -0.4 is 0 Å². The first-order valence-corrected chi connectivity index (χ1v) is 8.28. The van der Waals surface area contributed by atoms with E-state index in [2.05, 4.69) is 66.9 Å². The van der Waals surface area contributed by atoms with Gasteiger partial charge in [-0.2, -0.15) is 0 Å². The van der Waals surface area contributed by atoms with Crippen molar-refractivity contribution in [2.75, 3.05) is 6.54 Å². The average Bonchev–Trinajstić information content (AvgIpc) is 2.56. The van der Waals surface area contributed by atoms with Crippen molar-refractivity contribution >= 4 is 0 Å². The number of allylic oxidation sites excluding steroid dienone is 1. The first kappa shape index (κ1) is 17.5. The highest BCUT2D eigenvalue weighted by Crippen LogP contribution is 2.13. The highest BCUT2D eigenvalue weighted by atomic mass is 16.3. The van der Waals surface area contributed by atoms with Crippen molar-refractivity contribution in [1.29, 1.82) is 0 Å². The zero-order valence-corrected chi connectivity index (χ0v) is 14.0. The lowest BCUT2D eigenvalue weighted by atomic mass is 10.1. The lowest BCUT2D eigenvalue weighted by molar-refractivity contribution is 0.0984. The summed E-state index contributed by atoms with van der Waals surface area (Å²) in [4.78, 5) is 2.31. The van der Waals surface area contributed by atoms with Crippen LogP contribution in [0.5, 0.6) is 0 Å². The zero-order valence-electron chi connectivity index (χ0n) is 14.0. The van der Waals surface area contributed by atoms with E-state index in [0.717, 1.165) is 25.9 Å². The van der Waals surface area contributed by atoms with Gasteiger partial charge in [0.05, 0.1) is 6.10 Å². The number of benzene rings is 2. The molecule has 2 heteroatoms. The van der Waals surface area contributed by atoms with E-state index < -0.39 is 0 Å². The summed E-state index contributed by atoms with van der Waals surface area (Å²) in [6, 6.07) is 19.1. The Labute approximate surface area is 140 Å². The molecule has 0 aliphatic rings. The van der Waals surface area contributed by atoms with Crippen molar-refractivity contribution in [2.45, 2.75) is 39.0 Å². The van der Waals surface area contributed by atoms with Crippen LogP contribution in [0.4, 0.5) is 0 Å². The van der Waals surface area contributed by atoms with Gasteiger partial charge in [-0.15, -0.1) is 6.58 Å². The van der Waals surface area contributed by atoms with Gasteiger partial charge >= 0.3 is 0 Å². The molecule has 0 fully saturated rings. The summed E-state index contributed by atoms with van der Waals surface area (Å²) >= 11 is 0. The minimum absolute atomic E-state index is 0.317. The molecule has 2 aromatic carbocycles. The summed E-state index contributed by atoms with van der Waals surface area (Å²) in [7, 11) is 0. The first-order chi connectivity index (χ1) is 11.2. The maximum Gasteiger partial charge on any atom is 0.0670 e. The molecule has 0 aliphatic heterocycles. The van der Waals surface area contributed by atoms with Crippen LogP contribution in [-0.4, -0.2) is 22.7 Å². The van der Waals surface area contributed by atoms with Gasteiger partial charge in [0.2, 0.25) is 0 Å². The third-order valence-electron chi connectivity index (χ3n) is 3.95. The molecule has 1 unspecified atom stereocenters. The van der Waals surface area contributed by atoms with Crippen LogP contribution in [0.1, 0.15) is 29.5 Å². The van der Waals surface area contributed by atoms with E-state index in [0.29, 0.717) is 6.54 Å². The van der Waals surface area contributed by atoms with Crippen LogP contribution in [0, 0.1) is 6.92 Å². The normalized spacial score (nSPS) is 12.3. The molecule has 2 nitrogen and oxygen atoms in total. The Morgan fingerprint density at radius 2 is 1.61 bits per heavy atom. The fourth-order valence-electron chi connectivity index (χ4n) is 2.68. The SMILES string of the molecule is C=CCCC(O)CN(Cc1ccccc1)Cc1ccc(C)cc1. The summed E-state index contributed by atoms with van der Waals surface area (Å²) in [6.45, 7) is 8.20. The molecule has 1 N–H and O–H groups in total. The molecule has 0 saturated heterocycles. The Morgan fingerprint density at radius 3 is 2.22 bits per heavy atom. The number of aliphatic hydroxyl groups excluding tert-OH is 1. The molecule has 0 aliphatic carbocycles. The highest BCUT2D eigenvalue weighted by Gasteiger charge is 2.12. The lowest BCUT2D eigenvalue weighted by Crippen LogP contribution is -2.31. The third-order valence-corrected chi connectivity index (χ3v) is 3.95. The van der Waals surface area contributed by atoms with Gasteiger partial charge in [-0.1, -0.05) is 66.2 Å². The van der Waals surface area contributed by atoms with Gasteiger partial charge in [0.25, 0.3) is 0 Å². The van der Waals surface area contributed by atoms with Crippen LogP contribution >= 0.6 is 0 Å². The topological polar surface area (TPSA) is 23.5 Å². The van der Waals surface area contributed by atoms with Gasteiger partial charge in [-0.05, 0) is 30.9 Å². The van der Waals surface area contributed by atoms with Crippen molar-refractivity contribution in [3.63, 3.8) is 0 Å². The van der Waals surface area contributed by atoms with E-state index in [1.807, 2.05) is 12.1 Å². The van der Waals surface area contributed by atoms with E-state index in [1.54, 1.807) is 0 Å². The molecule has 23 heavy (non-hydrogen) atoms. The zero-order chi connectivity index (χ0) is 16.5. The highest BCUT2D eigenvalue weighted by molar-refractivity contribution is 5.21. The minimum atomic E-state index is -0.317. The van der Waals surface area contributed by atoms with Crippen LogP contribution in [0.2, 0.25) is 0 Å². The van der Waals surface area contributed by atoms with Gasteiger partial charge in [-0.25, -0.2) is 0 Å². The van der Waals surface area contributed by atoms with Gasteiger partial charge < -0.3 is 5.11 Å². The van der Waals surface area contributed by atoms with Gasteiger partial charge in [0.1, 0.15) is 0 Å². The van der Waals surface area contributed by atoms with Gasteiger partial charge in [-0.3, -0.25) is 4.90 Å². The molecule has 2 rings (SSSR count). The monoisotopic (exact) mass is 309 g/mol. The molecule has 0 heterocycles. The second kappa shape index (κ2) is 9.29. The van der Waals surface area contributed by atoms with Crippen molar-refractivity contribution in [1.82, 2.24) is 4.90 Å². The number of rotatable bonds is 9. The molecule has 0 bridgehead atoms. The second-order valence-electron chi connectivity index (χ2n) is 6.16. The quantitative estimate of drug-likeness (QED) is 0.697. The predicted octanol–water partition coefficient (Wildman–Crippen LogP) is 4.32. The van der Waals surface area contributed by atoms with E-state index in [1.165, 1.54) is 16.7 Å². The summed E-state index contributed by atoms with van der Waals surface area (Å²) < 4.78 is 0. The number of hydrogen-bond donors (Lipinski definition) is 1. The molecule has 2 aromatic rings. The Balaban J connectivity index is 2.03. The Bertz CT molecular complexity index is 577. The number of aryl methyl sites for hydroxylation is 1. The molecule has 1 atom stereocenters. The van der Waals surface area contributed by atoms with Crippen molar-refractivity contribution in [2.24, 2.45) is 0 Å². The number of nitrogens with zero attached hydrogens (tertiary/aromatic N) is 1. The molecule has 122 valence electrons. The average molecular weight is 309 g/mol. The van der Waals surface area contributed by atoms with Gasteiger partial charge in [0.15, 0.2) is 0 Å². The number of hydrogen-bond acceptors (Lipinski definition) is 2. The van der Waals surface area contributed by atoms with Gasteiger partial charge in [0, 0.05) is 19.6 Å². The van der Waals surface area contributed by atoms with Crippen LogP contribution in [0.3, 0.4) is 0 Å². The smallest absolute Gasteiger partial charge is 0.0670 e. The third kappa shape index (κ3) is 6.39. The van der Waals surface area contributed by atoms with Crippen LogP contribution in [0.15, 0.2) is 67.3 Å². The lowest BCUT2D eigenvalue weighted by Gasteiger charge is -2.25. The largest absolute Gasteiger partial charge is 0.392 e. The summed E-state index contributed by atoms with van der Waals surface area (Å²) in [5.74, 6) is 0. The van der Waals surface area contributed by atoms with E-state index >= 15 is 0 Å². The molecule has 0 radical (unpaired) electrons. The fraction of sp³-hybridized carbons (Fsp3) is 0.333. The minimum Gasteiger partial charge on any atom is -0.392 e. The van der Waals surface area contributed by atoms with Crippen LogP contribution in [0.25, 0.3) is 0 Å². The first-order valence-electron chi connectivity index (χ1n) is 8.28. The van der Waals surface area contributed by atoms with E-state index in [9.17, 15) is 5.11 Å². The molecular weight excluding hydrogens is 282 g/mol. The maximum absolute atomic E-state index is 10.3. The maximum atomic E-state index is 10.3. The second-order valence-corrected chi connectivity index (χ2v) is 6.16. The number of aliphatic hydroxyl groups is 1. The summed E-state index contributed by atoms with van der Waals surface area (Å²) in [5.41, 5.74) is 3.83. The Hall–Kier alpha value is -1.90. The van der Waals surface area contributed by atoms with Crippen molar-refractivity contribution in [3.05, 3.63) is 83.9 Å². The standard InChI is InChI=1S/C21H27NO/c1-3-4-10-21(23)17-22(15-19-8-6-5-7-9-19)16-20-13-11-18(2)12-14-20/h3,5-9,11-14,21,23H,1,4,10,15-17H2,2H3.